The van der Waals surface area contributed by atoms with Gasteiger partial charge in [-0.05, 0) is 61.1 Å². The van der Waals surface area contributed by atoms with Gasteiger partial charge in [0, 0.05) is 15.6 Å². The van der Waals surface area contributed by atoms with E-state index in [0.717, 1.165) is 29.3 Å². The lowest BCUT2D eigenvalue weighted by Gasteiger charge is -2.16. The van der Waals surface area contributed by atoms with Crippen molar-refractivity contribution in [2.45, 2.75) is 26.2 Å². The van der Waals surface area contributed by atoms with Crippen molar-refractivity contribution in [3.05, 3.63) is 50.7 Å². The third kappa shape index (κ3) is 2.89. The lowest BCUT2D eigenvalue weighted by molar-refractivity contribution is 0.103. The molecule has 1 aromatic heterocycles. The van der Waals surface area contributed by atoms with Crippen LogP contribution in [-0.2, 0) is 12.8 Å². The van der Waals surface area contributed by atoms with E-state index in [0.29, 0.717) is 5.02 Å². The first-order valence-electron chi connectivity index (χ1n) is 6.80. The molecule has 0 aliphatic heterocycles. The highest BCUT2D eigenvalue weighted by molar-refractivity contribution is 7.14. The minimum Gasteiger partial charge on any atom is -0.321 e. The molecule has 20 heavy (non-hydrogen) atoms. The number of hydrogen-bond acceptors (Lipinski definition) is 2. The molecule has 0 radical (unpaired) electrons. The first-order valence-corrected chi connectivity index (χ1v) is 8.00. The molecule has 0 saturated carbocycles. The number of rotatable bonds is 2. The van der Waals surface area contributed by atoms with Gasteiger partial charge in [0.15, 0.2) is 0 Å². The van der Waals surface area contributed by atoms with Crippen molar-refractivity contribution >= 4 is 34.5 Å². The van der Waals surface area contributed by atoms with Crippen LogP contribution >= 0.6 is 22.9 Å². The maximum Gasteiger partial charge on any atom is 0.265 e. The van der Waals surface area contributed by atoms with Crippen LogP contribution < -0.4 is 5.32 Å². The molecular formula is C16H16ClNOS. The van der Waals surface area contributed by atoms with Crippen molar-refractivity contribution in [1.82, 2.24) is 0 Å². The van der Waals surface area contributed by atoms with Gasteiger partial charge in [0.05, 0.1) is 4.88 Å². The standard InChI is InChI=1S/C16H16ClNOS/c1-10-2-7-14-11(8-10)9-15(20-14)16(19)18-13-5-3-12(17)4-6-13/h3-6,9-10H,2,7-8H2,1H3,(H,18,19)/t10-/m1/s1. The van der Waals surface area contributed by atoms with Gasteiger partial charge in [0.1, 0.15) is 0 Å². The van der Waals surface area contributed by atoms with E-state index < -0.39 is 0 Å². The van der Waals surface area contributed by atoms with Gasteiger partial charge < -0.3 is 5.32 Å². The summed E-state index contributed by atoms with van der Waals surface area (Å²) in [5.74, 6) is 0.698. The number of amides is 1. The molecule has 0 fully saturated rings. The molecule has 2 aromatic rings. The zero-order chi connectivity index (χ0) is 14.1. The number of benzene rings is 1. The van der Waals surface area contributed by atoms with Crippen LogP contribution in [0.4, 0.5) is 5.69 Å². The van der Waals surface area contributed by atoms with Crippen LogP contribution in [0.3, 0.4) is 0 Å². The molecule has 1 N–H and O–H groups in total. The Hall–Kier alpha value is -1.32. The number of anilines is 1. The third-order valence-electron chi connectivity index (χ3n) is 3.66. The third-order valence-corrected chi connectivity index (χ3v) is 5.14. The van der Waals surface area contributed by atoms with Crippen LogP contribution in [-0.4, -0.2) is 5.91 Å². The van der Waals surface area contributed by atoms with E-state index >= 15 is 0 Å². The first-order chi connectivity index (χ1) is 9.61. The number of thiophene rings is 1. The smallest absolute Gasteiger partial charge is 0.265 e. The number of aryl methyl sites for hydroxylation is 1. The fourth-order valence-corrected chi connectivity index (χ4v) is 3.77. The predicted octanol–water partition coefficient (Wildman–Crippen LogP) is 4.78. The molecule has 0 spiro atoms. The number of carbonyl (C=O) groups excluding carboxylic acids is 1. The minimum absolute atomic E-state index is 0.0284. The highest BCUT2D eigenvalue weighted by Crippen LogP contribution is 2.32. The summed E-state index contributed by atoms with van der Waals surface area (Å²) in [5.41, 5.74) is 2.13. The monoisotopic (exact) mass is 305 g/mol. The molecule has 1 amide bonds. The van der Waals surface area contributed by atoms with Crippen LogP contribution in [0.5, 0.6) is 0 Å². The number of nitrogens with one attached hydrogen (secondary N) is 1. The van der Waals surface area contributed by atoms with Gasteiger partial charge in [-0.3, -0.25) is 4.79 Å². The summed E-state index contributed by atoms with van der Waals surface area (Å²) in [5, 5.41) is 3.59. The molecule has 1 atom stereocenters. The summed E-state index contributed by atoms with van der Waals surface area (Å²) in [6.45, 7) is 2.27. The molecule has 1 aliphatic rings. The van der Waals surface area contributed by atoms with E-state index in [1.807, 2.05) is 12.1 Å². The molecule has 0 bridgehead atoms. The average Bonchev–Trinajstić information content (AvgIpc) is 2.84. The maximum atomic E-state index is 12.3. The molecule has 1 aromatic carbocycles. The second-order valence-corrected chi connectivity index (χ2v) is 6.94. The Bertz CT molecular complexity index is 632. The van der Waals surface area contributed by atoms with Gasteiger partial charge in [0.2, 0.25) is 0 Å². The second-order valence-electron chi connectivity index (χ2n) is 5.37. The second kappa shape index (κ2) is 5.58. The zero-order valence-electron chi connectivity index (χ0n) is 11.3. The van der Waals surface area contributed by atoms with Crippen molar-refractivity contribution in [3.8, 4) is 0 Å². The first kappa shape index (κ1) is 13.7. The summed E-state index contributed by atoms with van der Waals surface area (Å²) >= 11 is 7.47. The van der Waals surface area contributed by atoms with Crippen LogP contribution in [0.1, 0.15) is 33.5 Å². The Morgan fingerprint density at radius 1 is 1.35 bits per heavy atom. The summed E-state index contributed by atoms with van der Waals surface area (Å²) in [7, 11) is 0. The molecule has 104 valence electrons. The normalized spacial score (nSPS) is 17.6. The highest BCUT2D eigenvalue weighted by Gasteiger charge is 2.20. The van der Waals surface area contributed by atoms with Crippen LogP contribution in [0, 0.1) is 5.92 Å². The van der Waals surface area contributed by atoms with E-state index in [9.17, 15) is 4.79 Å². The van der Waals surface area contributed by atoms with Gasteiger partial charge in [-0.1, -0.05) is 18.5 Å². The van der Waals surface area contributed by atoms with E-state index in [1.165, 1.54) is 16.9 Å². The van der Waals surface area contributed by atoms with Gasteiger partial charge in [-0.2, -0.15) is 0 Å². The van der Waals surface area contributed by atoms with Crippen molar-refractivity contribution < 1.29 is 4.79 Å². The van der Waals surface area contributed by atoms with E-state index in [-0.39, 0.29) is 5.91 Å². The van der Waals surface area contributed by atoms with Crippen LogP contribution in [0.2, 0.25) is 5.02 Å². The maximum absolute atomic E-state index is 12.3. The lowest BCUT2D eigenvalue weighted by atomic mass is 9.90. The Morgan fingerprint density at radius 2 is 2.10 bits per heavy atom. The topological polar surface area (TPSA) is 29.1 Å². The van der Waals surface area contributed by atoms with E-state index in [4.69, 9.17) is 11.6 Å². The van der Waals surface area contributed by atoms with Crippen LogP contribution in [0.15, 0.2) is 30.3 Å². The highest BCUT2D eigenvalue weighted by atomic mass is 35.5. The predicted molar refractivity (Wildman–Crippen MR) is 84.9 cm³/mol. The van der Waals surface area contributed by atoms with Gasteiger partial charge in [-0.25, -0.2) is 0 Å². The van der Waals surface area contributed by atoms with Crippen molar-refractivity contribution in [2.24, 2.45) is 5.92 Å². The van der Waals surface area contributed by atoms with E-state index in [1.54, 1.807) is 23.5 Å². The fourth-order valence-electron chi connectivity index (χ4n) is 2.54. The Kier molecular flexibility index (Phi) is 3.81. The quantitative estimate of drug-likeness (QED) is 0.850. The molecular weight excluding hydrogens is 290 g/mol. The summed E-state index contributed by atoms with van der Waals surface area (Å²) in [6, 6.07) is 9.24. The largest absolute Gasteiger partial charge is 0.321 e. The molecule has 3 rings (SSSR count). The minimum atomic E-state index is -0.0284. The number of halogens is 1. The lowest BCUT2D eigenvalue weighted by Crippen LogP contribution is -2.10. The molecule has 4 heteroatoms. The van der Waals surface area contributed by atoms with Crippen LogP contribution in [0.25, 0.3) is 0 Å². The van der Waals surface area contributed by atoms with Crippen molar-refractivity contribution in [3.63, 3.8) is 0 Å². The fraction of sp³-hybridized carbons (Fsp3) is 0.312. The number of fused-ring (bicyclic) bond motifs is 1. The van der Waals surface area contributed by atoms with Gasteiger partial charge >= 0.3 is 0 Å². The Morgan fingerprint density at radius 3 is 2.85 bits per heavy atom. The molecule has 1 aliphatic carbocycles. The number of carbonyl (C=O) groups is 1. The Labute approximate surface area is 127 Å². The molecule has 0 unspecified atom stereocenters. The average molecular weight is 306 g/mol. The Balaban J connectivity index is 1.76. The molecule has 0 saturated heterocycles. The molecule has 2 nitrogen and oxygen atoms in total. The van der Waals surface area contributed by atoms with Gasteiger partial charge in [0.25, 0.3) is 5.91 Å². The molecule has 1 heterocycles. The van der Waals surface area contributed by atoms with Gasteiger partial charge in [-0.15, -0.1) is 11.3 Å². The zero-order valence-corrected chi connectivity index (χ0v) is 12.9. The summed E-state index contributed by atoms with van der Waals surface area (Å²) < 4.78 is 0. The summed E-state index contributed by atoms with van der Waals surface area (Å²) in [4.78, 5) is 14.4. The SMILES string of the molecule is C[C@@H]1CCc2sc(C(=O)Nc3ccc(Cl)cc3)cc2C1. The van der Waals surface area contributed by atoms with E-state index in [2.05, 4.69) is 18.3 Å². The summed E-state index contributed by atoms with van der Waals surface area (Å²) in [6.07, 6.45) is 3.43. The number of hydrogen-bond donors (Lipinski definition) is 1. The van der Waals surface area contributed by atoms with Crippen molar-refractivity contribution in [1.29, 1.82) is 0 Å². The van der Waals surface area contributed by atoms with Crippen molar-refractivity contribution in [2.75, 3.05) is 5.32 Å².